The van der Waals surface area contributed by atoms with Crippen LogP contribution in [0, 0.1) is 22.7 Å². The second-order valence-electron chi connectivity index (χ2n) is 4.91. The summed E-state index contributed by atoms with van der Waals surface area (Å²) in [5.74, 6) is -2.77. The second kappa shape index (κ2) is 2.21. The number of ether oxygens (including phenoxy) is 2. The van der Waals surface area contributed by atoms with Crippen LogP contribution in [0.5, 0.6) is 0 Å². The molecule has 2 heterocycles. The van der Waals surface area contributed by atoms with Crippen molar-refractivity contribution in [1.82, 2.24) is 0 Å². The Bertz CT molecular complexity index is 437. The monoisotopic (exact) mass is 222 g/mol. The fourth-order valence-electron chi connectivity index (χ4n) is 3.31. The predicted molar refractivity (Wildman–Crippen MR) is 49.5 cm³/mol. The van der Waals surface area contributed by atoms with Gasteiger partial charge in [0.2, 0.25) is 0 Å². The minimum Gasteiger partial charge on any atom is -0.431 e. The number of rotatable bonds is 0. The minimum absolute atomic E-state index is 0.257. The molecule has 0 aromatic rings. The van der Waals surface area contributed by atoms with E-state index in [4.69, 9.17) is 4.74 Å². The molecule has 5 nitrogen and oxygen atoms in total. The molecular weight excluding hydrogens is 212 g/mol. The van der Waals surface area contributed by atoms with Crippen LogP contribution >= 0.6 is 0 Å². The van der Waals surface area contributed by atoms with E-state index in [2.05, 4.69) is 11.3 Å². The Morgan fingerprint density at radius 3 is 2.06 bits per heavy atom. The third-order valence-corrected chi connectivity index (χ3v) is 4.58. The van der Waals surface area contributed by atoms with Gasteiger partial charge in [0, 0.05) is 0 Å². The molecule has 3 rings (SSSR count). The average molecular weight is 222 g/mol. The van der Waals surface area contributed by atoms with Gasteiger partial charge in [0.15, 0.2) is 0 Å². The third-order valence-electron chi connectivity index (χ3n) is 4.58. The van der Waals surface area contributed by atoms with Crippen LogP contribution in [0.1, 0.15) is 13.8 Å². The van der Waals surface area contributed by atoms with E-state index in [1.807, 2.05) is 0 Å². The molecule has 0 bridgehead atoms. The van der Waals surface area contributed by atoms with Crippen molar-refractivity contribution in [2.45, 2.75) is 13.8 Å². The number of allylic oxidation sites excluding steroid dienone is 1. The lowest BCUT2D eigenvalue weighted by Crippen LogP contribution is -2.64. The summed E-state index contributed by atoms with van der Waals surface area (Å²) in [6, 6.07) is 0. The maximum absolute atomic E-state index is 11.8. The Morgan fingerprint density at radius 1 is 1.00 bits per heavy atom. The topological polar surface area (TPSA) is 69.7 Å². The zero-order valence-corrected chi connectivity index (χ0v) is 8.90. The Hall–Kier alpha value is -1.65. The molecule has 0 aromatic heterocycles. The first-order chi connectivity index (χ1) is 7.35. The molecule has 4 unspecified atom stereocenters. The van der Waals surface area contributed by atoms with Crippen molar-refractivity contribution in [3.05, 3.63) is 12.3 Å². The molecule has 5 heteroatoms. The van der Waals surface area contributed by atoms with Gasteiger partial charge in [-0.05, 0) is 6.92 Å². The van der Waals surface area contributed by atoms with Crippen molar-refractivity contribution in [1.29, 1.82) is 0 Å². The quantitative estimate of drug-likeness (QED) is 0.438. The van der Waals surface area contributed by atoms with Gasteiger partial charge in [0.25, 0.3) is 0 Å². The van der Waals surface area contributed by atoms with Crippen LogP contribution in [-0.4, -0.2) is 17.9 Å². The highest BCUT2D eigenvalue weighted by molar-refractivity contribution is 6.05. The Labute approximate surface area is 91.4 Å². The van der Waals surface area contributed by atoms with Crippen molar-refractivity contribution in [3.8, 4) is 0 Å². The van der Waals surface area contributed by atoms with E-state index in [0.29, 0.717) is 0 Å². The summed E-state index contributed by atoms with van der Waals surface area (Å²) < 4.78 is 9.58. The van der Waals surface area contributed by atoms with Crippen molar-refractivity contribution >= 4 is 17.9 Å². The molecule has 2 aliphatic heterocycles. The molecule has 0 radical (unpaired) electrons. The number of cyclic esters (lactones) is 3. The zero-order valence-electron chi connectivity index (χ0n) is 8.90. The van der Waals surface area contributed by atoms with Crippen LogP contribution in [0.4, 0.5) is 0 Å². The molecule has 0 amide bonds. The van der Waals surface area contributed by atoms with Crippen molar-refractivity contribution < 1.29 is 23.9 Å². The SMILES string of the molecule is C=C1OC(=O)C2(C)C3C(=O)OC(=O)C3C12C. The average Bonchev–Trinajstić information content (AvgIpc) is 2.54. The smallest absolute Gasteiger partial charge is 0.318 e. The first kappa shape index (κ1) is 9.57. The number of hydrogen-bond acceptors (Lipinski definition) is 5. The van der Waals surface area contributed by atoms with Crippen LogP contribution in [0.15, 0.2) is 12.3 Å². The first-order valence-corrected chi connectivity index (χ1v) is 5.02. The first-order valence-electron chi connectivity index (χ1n) is 5.02. The summed E-state index contributed by atoms with van der Waals surface area (Å²) >= 11 is 0. The minimum atomic E-state index is -1.00. The van der Waals surface area contributed by atoms with Crippen LogP contribution < -0.4 is 0 Å². The van der Waals surface area contributed by atoms with Crippen molar-refractivity contribution in [3.63, 3.8) is 0 Å². The lowest BCUT2D eigenvalue weighted by Gasteiger charge is -2.53. The predicted octanol–water partition coefficient (Wildman–Crippen LogP) is 0.399. The van der Waals surface area contributed by atoms with Crippen LogP contribution in [-0.2, 0) is 23.9 Å². The summed E-state index contributed by atoms with van der Waals surface area (Å²) in [6.07, 6.45) is 0. The summed E-state index contributed by atoms with van der Waals surface area (Å²) in [7, 11) is 0. The van der Waals surface area contributed by atoms with Gasteiger partial charge in [-0.3, -0.25) is 14.4 Å². The van der Waals surface area contributed by atoms with E-state index in [9.17, 15) is 14.4 Å². The maximum atomic E-state index is 11.8. The number of hydrogen-bond donors (Lipinski definition) is 0. The number of fused-ring (bicyclic) bond motifs is 4. The molecule has 0 spiro atoms. The van der Waals surface area contributed by atoms with Gasteiger partial charge in [-0.1, -0.05) is 13.5 Å². The zero-order chi connectivity index (χ0) is 11.9. The highest BCUT2D eigenvalue weighted by Gasteiger charge is 2.84. The molecular formula is C11H10O5. The molecule has 0 aromatic carbocycles. The number of carbonyl (C=O) groups is 3. The van der Waals surface area contributed by atoms with E-state index in [-0.39, 0.29) is 5.76 Å². The second-order valence-corrected chi connectivity index (χ2v) is 4.91. The molecule has 0 N–H and O–H groups in total. The van der Waals surface area contributed by atoms with Crippen LogP contribution in [0.25, 0.3) is 0 Å². The normalized spacial score (nSPS) is 49.4. The van der Waals surface area contributed by atoms with E-state index < -0.39 is 40.6 Å². The van der Waals surface area contributed by atoms with Gasteiger partial charge in [-0.2, -0.15) is 0 Å². The Morgan fingerprint density at radius 2 is 1.50 bits per heavy atom. The van der Waals surface area contributed by atoms with Crippen molar-refractivity contribution in [2.24, 2.45) is 22.7 Å². The number of esters is 3. The van der Waals surface area contributed by atoms with E-state index in [1.165, 1.54) is 0 Å². The lowest BCUT2D eigenvalue weighted by molar-refractivity contribution is -0.175. The fourth-order valence-corrected chi connectivity index (χ4v) is 3.31. The van der Waals surface area contributed by atoms with Crippen LogP contribution in [0.2, 0.25) is 0 Å². The Kier molecular flexibility index (Phi) is 1.32. The number of carbonyl (C=O) groups excluding carboxylic acids is 3. The molecule has 16 heavy (non-hydrogen) atoms. The van der Waals surface area contributed by atoms with E-state index in [1.54, 1.807) is 13.8 Å². The molecule has 3 aliphatic rings. The van der Waals surface area contributed by atoms with Gasteiger partial charge in [-0.25, -0.2) is 0 Å². The van der Waals surface area contributed by atoms with Gasteiger partial charge in [-0.15, -0.1) is 0 Å². The summed E-state index contributed by atoms with van der Waals surface area (Å²) in [4.78, 5) is 34.8. The summed E-state index contributed by atoms with van der Waals surface area (Å²) in [5, 5.41) is 0. The lowest BCUT2D eigenvalue weighted by atomic mass is 9.40. The molecule has 1 aliphatic carbocycles. The highest BCUT2D eigenvalue weighted by Crippen LogP contribution is 2.73. The third kappa shape index (κ3) is 0.603. The van der Waals surface area contributed by atoms with E-state index >= 15 is 0 Å². The molecule has 1 saturated carbocycles. The molecule has 4 atom stereocenters. The summed E-state index contributed by atoms with van der Waals surface area (Å²) in [6.45, 7) is 7.02. The Balaban J connectivity index is 2.21. The van der Waals surface area contributed by atoms with Gasteiger partial charge in [0.1, 0.15) is 5.76 Å². The summed E-state index contributed by atoms with van der Waals surface area (Å²) in [5.41, 5.74) is -1.81. The van der Waals surface area contributed by atoms with Crippen LogP contribution in [0.3, 0.4) is 0 Å². The van der Waals surface area contributed by atoms with Crippen molar-refractivity contribution in [2.75, 3.05) is 0 Å². The van der Waals surface area contributed by atoms with E-state index in [0.717, 1.165) is 0 Å². The van der Waals surface area contributed by atoms with Gasteiger partial charge < -0.3 is 9.47 Å². The standard InChI is InChI=1S/C11H10O5/c1-4-10(2)5-6(8(13)16-7(5)12)11(10,3)9(14)15-4/h5-6H,1H2,2-3H3. The van der Waals surface area contributed by atoms with Gasteiger partial charge >= 0.3 is 17.9 Å². The molecule has 2 saturated heterocycles. The highest BCUT2D eigenvalue weighted by atomic mass is 16.6. The molecule has 3 fully saturated rings. The fraction of sp³-hybridized carbons (Fsp3) is 0.545. The maximum Gasteiger partial charge on any atom is 0.318 e. The largest absolute Gasteiger partial charge is 0.431 e. The molecule has 84 valence electrons. The van der Waals surface area contributed by atoms with Gasteiger partial charge in [0.05, 0.1) is 22.7 Å².